The van der Waals surface area contributed by atoms with Crippen LogP contribution in [0.15, 0.2) is 22.0 Å². The molecule has 1 aromatic rings. The maximum atomic E-state index is 4.05. The molecule has 0 radical (unpaired) electrons. The number of nitrogens with zero attached hydrogens (tertiary/aromatic N) is 4. The van der Waals surface area contributed by atoms with Gasteiger partial charge in [-0.2, -0.15) is 0 Å². The number of aromatic nitrogens is 2. The molecule has 4 nitrogen and oxygen atoms in total. The molecule has 0 aliphatic rings. The number of aliphatic imine (C=N–C) groups is 1. The summed E-state index contributed by atoms with van der Waals surface area (Å²) in [7, 11) is 3.80. The summed E-state index contributed by atoms with van der Waals surface area (Å²) in [5.41, 5.74) is 0. The number of halogens is 1. The fourth-order valence-corrected chi connectivity index (χ4v) is 0.752. The first-order valence-electron chi connectivity index (χ1n) is 3.36. The first-order valence-corrected chi connectivity index (χ1v) is 4.16. The van der Waals surface area contributed by atoms with Crippen molar-refractivity contribution in [3.8, 4) is 0 Å². The van der Waals surface area contributed by atoms with Gasteiger partial charge in [-0.15, -0.1) is 0 Å². The van der Waals surface area contributed by atoms with Gasteiger partial charge in [-0.25, -0.2) is 15.0 Å². The van der Waals surface area contributed by atoms with Gasteiger partial charge < -0.3 is 4.90 Å². The van der Waals surface area contributed by atoms with Crippen LogP contribution in [0, 0.1) is 0 Å². The van der Waals surface area contributed by atoms with E-state index in [1.165, 1.54) is 0 Å². The van der Waals surface area contributed by atoms with E-state index in [0.717, 1.165) is 0 Å². The average Bonchev–Trinajstić information content (AvgIpc) is 2.03. The molecular weight excluding hydrogens is 220 g/mol. The molecule has 0 N–H and O–H groups in total. The van der Waals surface area contributed by atoms with Crippen molar-refractivity contribution >= 4 is 28.1 Å². The first kappa shape index (κ1) is 9.12. The zero-order chi connectivity index (χ0) is 8.97. The summed E-state index contributed by atoms with van der Waals surface area (Å²) < 4.78 is 0.714. The molecule has 0 saturated carbocycles. The van der Waals surface area contributed by atoms with Crippen molar-refractivity contribution < 1.29 is 0 Å². The van der Waals surface area contributed by atoms with E-state index in [4.69, 9.17) is 0 Å². The van der Waals surface area contributed by atoms with Crippen LogP contribution >= 0.6 is 15.9 Å². The lowest BCUT2D eigenvalue weighted by Crippen LogP contribution is -2.07. The second kappa shape index (κ2) is 4.15. The standard InChI is InChI=1S/C7H9BrN4/c1-12(2)5-11-7-4-9-6(8)3-10-7/h3-5H,1-2H3/b11-5+. The highest BCUT2D eigenvalue weighted by molar-refractivity contribution is 9.10. The van der Waals surface area contributed by atoms with Gasteiger partial charge in [0.05, 0.1) is 18.7 Å². The van der Waals surface area contributed by atoms with Gasteiger partial charge in [-0.1, -0.05) is 0 Å². The van der Waals surface area contributed by atoms with Crippen LogP contribution in [0.25, 0.3) is 0 Å². The van der Waals surface area contributed by atoms with Gasteiger partial charge in [-0.3, -0.25) is 0 Å². The maximum Gasteiger partial charge on any atom is 0.172 e. The smallest absolute Gasteiger partial charge is 0.172 e. The molecule has 0 aliphatic carbocycles. The van der Waals surface area contributed by atoms with Crippen molar-refractivity contribution in [2.24, 2.45) is 4.99 Å². The summed E-state index contributed by atoms with van der Waals surface area (Å²) >= 11 is 3.19. The van der Waals surface area contributed by atoms with Gasteiger partial charge >= 0.3 is 0 Å². The van der Waals surface area contributed by atoms with Crippen LogP contribution < -0.4 is 0 Å². The summed E-state index contributed by atoms with van der Waals surface area (Å²) in [5, 5.41) is 0. The van der Waals surface area contributed by atoms with Crippen molar-refractivity contribution in [2.45, 2.75) is 0 Å². The number of rotatable bonds is 2. The summed E-state index contributed by atoms with van der Waals surface area (Å²) in [4.78, 5) is 13.9. The van der Waals surface area contributed by atoms with E-state index in [1.807, 2.05) is 19.0 Å². The van der Waals surface area contributed by atoms with Gasteiger partial charge in [0.15, 0.2) is 5.82 Å². The lowest BCUT2D eigenvalue weighted by atomic mass is 10.7. The van der Waals surface area contributed by atoms with Crippen LogP contribution in [0.5, 0.6) is 0 Å². The van der Waals surface area contributed by atoms with Crippen molar-refractivity contribution in [2.75, 3.05) is 14.1 Å². The third kappa shape index (κ3) is 2.96. The third-order valence-corrected chi connectivity index (χ3v) is 1.44. The Morgan fingerprint density at radius 2 is 2.17 bits per heavy atom. The van der Waals surface area contributed by atoms with Crippen molar-refractivity contribution in [1.29, 1.82) is 0 Å². The molecule has 1 heterocycles. The number of hydrogen-bond donors (Lipinski definition) is 0. The molecule has 0 amide bonds. The second-order valence-electron chi connectivity index (χ2n) is 2.41. The highest BCUT2D eigenvalue weighted by Crippen LogP contribution is 2.08. The molecule has 0 aromatic carbocycles. The molecule has 0 aliphatic heterocycles. The molecule has 0 unspecified atom stereocenters. The Bertz CT molecular complexity index is 267. The fourth-order valence-electron chi connectivity index (χ4n) is 0.547. The van der Waals surface area contributed by atoms with Crippen molar-refractivity contribution in [3.63, 3.8) is 0 Å². The van der Waals surface area contributed by atoms with Crippen molar-refractivity contribution in [3.05, 3.63) is 17.0 Å². The van der Waals surface area contributed by atoms with Gasteiger partial charge in [0.1, 0.15) is 4.60 Å². The number of hydrogen-bond acceptors (Lipinski definition) is 3. The summed E-state index contributed by atoms with van der Waals surface area (Å²) in [6.45, 7) is 0. The second-order valence-corrected chi connectivity index (χ2v) is 3.22. The molecular formula is C7H9BrN4. The quantitative estimate of drug-likeness (QED) is 0.569. The van der Waals surface area contributed by atoms with Crippen LogP contribution in [0.1, 0.15) is 0 Å². The monoisotopic (exact) mass is 228 g/mol. The molecule has 5 heteroatoms. The summed E-state index contributed by atoms with van der Waals surface area (Å²) in [6, 6.07) is 0. The zero-order valence-electron chi connectivity index (χ0n) is 6.90. The van der Waals surface area contributed by atoms with E-state index in [-0.39, 0.29) is 0 Å². The van der Waals surface area contributed by atoms with E-state index in [2.05, 4.69) is 30.9 Å². The minimum absolute atomic E-state index is 0.604. The lowest BCUT2D eigenvalue weighted by molar-refractivity contribution is 0.643. The molecule has 1 aromatic heterocycles. The Labute approximate surface area is 79.5 Å². The molecule has 64 valence electrons. The normalized spacial score (nSPS) is 10.6. The van der Waals surface area contributed by atoms with Crippen LogP contribution in [0.3, 0.4) is 0 Å². The molecule has 0 fully saturated rings. The largest absolute Gasteiger partial charge is 0.369 e. The highest BCUT2D eigenvalue weighted by Gasteiger charge is 1.90. The highest BCUT2D eigenvalue weighted by atomic mass is 79.9. The van der Waals surface area contributed by atoms with E-state index in [0.29, 0.717) is 10.4 Å². The molecule has 0 bridgehead atoms. The Hall–Kier alpha value is -0.970. The maximum absolute atomic E-state index is 4.05. The lowest BCUT2D eigenvalue weighted by Gasteiger charge is -2.00. The van der Waals surface area contributed by atoms with Crippen LogP contribution in [-0.4, -0.2) is 35.3 Å². The molecule has 0 saturated heterocycles. The van der Waals surface area contributed by atoms with E-state index in [9.17, 15) is 0 Å². The molecule has 1 rings (SSSR count). The SMILES string of the molecule is CN(C)/C=N/c1cnc(Br)cn1. The Kier molecular flexibility index (Phi) is 3.16. The fraction of sp³-hybridized carbons (Fsp3) is 0.286. The molecule has 0 spiro atoms. The summed E-state index contributed by atoms with van der Waals surface area (Å²) in [5.74, 6) is 0.604. The Balaban J connectivity index is 2.71. The summed E-state index contributed by atoms with van der Waals surface area (Å²) in [6.07, 6.45) is 4.89. The minimum atomic E-state index is 0.604. The Morgan fingerprint density at radius 3 is 2.67 bits per heavy atom. The van der Waals surface area contributed by atoms with Crippen LogP contribution in [0.4, 0.5) is 5.82 Å². The predicted molar refractivity (Wildman–Crippen MR) is 51.6 cm³/mol. The van der Waals surface area contributed by atoms with Crippen LogP contribution in [-0.2, 0) is 0 Å². The minimum Gasteiger partial charge on any atom is -0.369 e. The molecule has 12 heavy (non-hydrogen) atoms. The van der Waals surface area contributed by atoms with E-state index < -0.39 is 0 Å². The van der Waals surface area contributed by atoms with Crippen molar-refractivity contribution in [1.82, 2.24) is 14.9 Å². The first-order chi connectivity index (χ1) is 5.68. The van der Waals surface area contributed by atoms with E-state index >= 15 is 0 Å². The van der Waals surface area contributed by atoms with Gasteiger partial charge in [0.2, 0.25) is 0 Å². The van der Waals surface area contributed by atoms with Gasteiger partial charge in [0, 0.05) is 14.1 Å². The van der Waals surface area contributed by atoms with Gasteiger partial charge in [-0.05, 0) is 15.9 Å². The van der Waals surface area contributed by atoms with Gasteiger partial charge in [0.25, 0.3) is 0 Å². The third-order valence-electron chi connectivity index (χ3n) is 1.03. The van der Waals surface area contributed by atoms with E-state index in [1.54, 1.807) is 18.7 Å². The Morgan fingerprint density at radius 1 is 1.42 bits per heavy atom. The topological polar surface area (TPSA) is 41.4 Å². The predicted octanol–water partition coefficient (Wildman–Crippen LogP) is 1.46. The average molecular weight is 229 g/mol. The zero-order valence-corrected chi connectivity index (χ0v) is 8.48. The van der Waals surface area contributed by atoms with Crippen LogP contribution in [0.2, 0.25) is 0 Å². The molecule has 0 atom stereocenters.